The van der Waals surface area contributed by atoms with Crippen molar-refractivity contribution in [1.82, 2.24) is 20.9 Å². The van der Waals surface area contributed by atoms with E-state index < -0.39 is 23.9 Å². The van der Waals surface area contributed by atoms with Crippen molar-refractivity contribution in [2.24, 2.45) is 11.8 Å². The predicted octanol–water partition coefficient (Wildman–Crippen LogP) is 2.26. The van der Waals surface area contributed by atoms with Crippen molar-refractivity contribution in [3.8, 4) is 11.8 Å². The van der Waals surface area contributed by atoms with Gasteiger partial charge >= 0.3 is 0 Å². The van der Waals surface area contributed by atoms with Crippen LogP contribution in [0, 0.1) is 23.2 Å². The van der Waals surface area contributed by atoms with Gasteiger partial charge in [-0.25, -0.2) is 0 Å². The number of nitrogens with zero attached hydrogens (tertiary/aromatic N) is 1. The van der Waals surface area contributed by atoms with E-state index in [0.29, 0.717) is 47.0 Å². The topological polar surface area (TPSA) is 136 Å². The van der Waals surface area contributed by atoms with Crippen LogP contribution in [0.1, 0.15) is 42.6 Å². The summed E-state index contributed by atoms with van der Waals surface area (Å²) in [6.07, 6.45) is 3.40. The molecule has 1 saturated heterocycles. The van der Waals surface area contributed by atoms with Crippen LogP contribution in [0.15, 0.2) is 18.2 Å². The van der Waals surface area contributed by atoms with Gasteiger partial charge in [-0.05, 0) is 43.4 Å². The van der Waals surface area contributed by atoms with Crippen LogP contribution in [0.2, 0.25) is 5.02 Å². The van der Waals surface area contributed by atoms with Gasteiger partial charge in [0.1, 0.15) is 23.5 Å². The first-order valence-electron chi connectivity index (χ1n) is 11.0. The second-order valence-corrected chi connectivity index (χ2v) is 9.01. The molecule has 3 atom stereocenters. The van der Waals surface area contributed by atoms with Gasteiger partial charge in [-0.2, -0.15) is 5.26 Å². The highest BCUT2D eigenvalue weighted by Crippen LogP contribution is 2.34. The number of fused-ring (bicyclic) bond motifs is 1. The molecule has 0 spiro atoms. The van der Waals surface area contributed by atoms with E-state index >= 15 is 0 Å². The molecule has 33 heavy (non-hydrogen) atoms. The number of H-pyrrole nitrogens is 1. The lowest BCUT2D eigenvalue weighted by Crippen LogP contribution is -2.50. The summed E-state index contributed by atoms with van der Waals surface area (Å²) in [5, 5.41) is 18.8. The molecule has 0 radical (unpaired) electrons. The number of halogens is 1. The molecule has 1 saturated carbocycles. The lowest BCUT2D eigenvalue weighted by atomic mass is 9.98. The molecule has 1 aromatic heterocycles. The molecular formula is C23H26ClN5O4. The Labute approximate surface area is 196 Å². The number of ether oxygens (including phenoxy) is 1. The number of hydrogen-bond donors (Lipinski definition) is 4. The van der Waals surface area contributed by atoms with E-state index in [0.717, 1.165) is 12.8 Å². The monoisotopic (exact) mass is 471 g/mol. The average molecular weight is 472 g/mol. The molecule has 3 unspecified atom stereocenters. The van der Waals surface area contributed by atoms with Crippen molar-refractivity contribution >= 4 is 40.2 Å². The van der Waals surface area contributed by atoms with Crippen molar-refractivity contribution in [3.05, 3.63) is 28.9 Å². The molecule has 0 bridgehead atoms. The van der Waals surface area contributed by atoms with E-state index in [-0.39, 0.29) is 23.9 Å². The Bertz CT molecular complexity index is 1120. The van der Waals surface area contributed by atoms with Gasteiger partial charge in [0.05, 0.1) is 18.2 Å². The molecule has 1 aliphatic carbocycles. The van der Waals surface area contributed by atoms with E-state index in [2.05, 4.69) is 27.0 Å². The van der Waals surface area contributed by atoms with Gasteiger partial charge in [-0.3, -0.25) is 14.4 Å². The zero-order valence-electron chi connectivity index (χ0n) is 18.2. The van der Waals surface area contributed by atoms with E-state index in [1.165, 1.54) is 7.11 Å². The van der Waals surface area contributed by atoms with Crippen molar-refractivity contribution < 1.29 is 19.1 Å². The first kappa shape index (κ1) is 22.9. The molecule has 2 heterocycles. The van der Waals surface area contributed by atoms with Gasteiger partial charge in [-0.15, -0.1) is 0 Å². The maximum atomic E-state index is 13.0. The third kappa shape index (κ3) is 5.22. The summed E-state index contributed by atoms with van der Waals surface area (Å²) in [7, 11) is 1.52. The van der Waals surface area contributed by atoms with Crippen LogP contribution >= 0.6 is 11.6 Å². The van der Waals surface area contributed by atoms with Gasteiger partial charge < -0.3 is 25.7 Å². The van der Waals surface area contributed by atoms with Crippen molar-refractivity contribution in [3.63, 3.8) is 0 Å². The quantitative estimate of drug-likeness (QED) is 0.444. The zero-order chi connectivity index (χ0) is 23.5. The highest BCUT2D eigenvalue weighted by atomic mass is 35.5. The summed E-state index contributed by atoms with van der Waals surface area (Å²) < 4.78 is 5.22. The summed E-state index contributed by atoms with van der Waals surface area (Å²) in [4.78, 5) is 40.8. The fraction of sp³-hybridized carbons (Fsp3) is 0.478. The van der Waals surface area contributed by atoms with Crippen LogP contribution in [-0.2, 0) is 9.59 Å². The largest absolute Gasteiger partial charge is 0.495 e. The third-order valence-electron chi connectivity index (χ3n) is 6.21. The second kappa shape index (κ2) is 9.71. The van der Waals surface area contributed by atoms with E-state index in [9.17, 15) is 19.6 Å². The Balaban J connectivity index is 1.45. The number of benzene rings is 1. The third-order valence-corrected chi connectivity index (χ3v) is 6.60. The van der Waals surface area contributed by atoms with Crippen LogP contribution in [0.5, 0.6) is 5.75 Å². The number of aromatic nitrogens is 1. The highest BCUT2D eigenvalue weighted by molar-refractivity contribution is 6.37. The number of aromatic amines is 1. The summed E-state index contributed by atoms with van der Waals surface area (Å²) in [6, 6.07) is 5.58. The molecule has 174 valence electrons. The number of hydrogen-bond acceptors (Lipinski definition) is 5. The zero-order valence-corrected chi connectivity index (χ0v) is 19.0. The number of carbonyl (C=O) groups is 3. The van der Waals surface area contributed by atoms with Crippen molar-refractivity contribution in [2.45, 2.75) is 44.2 Å². The summed E-state index contributed by atoms with van der Waals surface area (Å²) in [6.45, 7) is 0.580. The van der Waals surface area contributed by atoms with Crippen LogP contribution in [-0.4, -0.2) is 48.4 Å². The van der Waals surface area contributed by atoms with E-state index in [1.807, 2.05) is 0 Å². The molecule has 2 fully saturated rings. The van der Waals surface area contributed by atoms with Crippen LogP contribution in [0.3, 0.4) is 0 Å². The number of amides is 3. The maximum absolute atomic E-state index is 13.0. The summed E-state index contributed by atoms with van der Waals surface area (Å²) >= 11 is 6.35. The first-order valence-corrected chi connectivity index (χ1v) is 11.4. The van der Waals surface area contributed by atoms with E-state index in [4.69, 9.17) is 16.3 Å². The molecule has 2 aromatic rings. The number of methoxy groups -OCH3 is 1. The standard InChI is InChI=1S/C23H26ClN5O4/c1-33-19-5-4-16-15(20(19)24)10-18(28-16)23(32)29-17(8-12-2-3-12)22(31)27-14(11-25)9-13-6-7-26-21(13)30/h4-5,10,12-14,17,28H,2-3,6-9H2,1H3,(H,26,30)(H,27,31)(H,29,32). The molecule has 1 aromatic carbocycles. The SMILES string of the molecule is COc1ccc2[nH]c(C(=O)NC(CC3CC3)C(=O)NC(C#N)CC3CCNC3=O)cc2c1Cl. The van der Waals surface area contributed by atoms with Gasteiger partial charge in [0, 0.05) is 23.4 Å². The summed E-state index contributed by atoms with van der Waals surface area (Å²) in [5.74, 6) is -0.383. The number of carbonyl (C=O) groups excluding carboxylic acids is 3. The Kier molecular flexibility index (Phi) is 6.75. The Morgan fingerprint density at radius 3 is 2.70 bits per heavy atom. The molecule has 10 heteroatoms. The average Bonchev–Trinajstić information content (AvgIpc) is 3.36. The van der Waals surface area contributed by atoms with Crippen LogP contribution < -0.4 is 20.7 Å². The molecule has 2 aliphatic rings. The first-order chi connectivity index (χ1) is 15.9. The fourth-order valence-corrected chi connectivity index (χ4v) is 4.45. The minimum Gasteiger partial charge on any atom is -0.495 e. The molecule has 3 amide bonds. The Morgan fingerprint density at radius 2 is 2.06 bits per heavy atom. The molecule has 4 rings (SSSR count). The molecule has 9 nitrogen and oxygen atoms in total. The maximum Gasteiger partial charge on any atom is 0.268 e. The highest BCUT2D eigenvalue weighted by Gasteiger charge is 2.33. The minimum atomic E-state index is -0.802. The Morgan fingerprint density at radius 1 is 1.27 bits per heavy atom. The fourth-order valence-electron chi connectivity index (χ4n) is 4.15. The van der Waals surface area contributed by atoms with Gasteiger partial charge in [0.2, 0.25) is 11.8 Å². The lowest BCUT2D eigenvalue weighted by Gasteiger charge is -2.21. The van der Waals surface area contributed by atoms with Gasteiger partial charge in [0.25, 0.3) is 5.91 Å². The van der Waals surface area contributed by atoms with Crippen LogP contribution in [0.4, 0.5) is 0 Å². The number of nitriles is 1. The molecule has 4 N–H and O–H groups in total. The van der Waals surface area contributed by atoms with E-state index in [1.54, 1.807) is 18.2 Å². The second-order valence-electron chi connectivity index (χ2n) is 8.63. The normalized spacial score (nSPS) is 19.4. The van der Waals surface area contributed by atoms with Gasteiger partial charge in [0.15, 0.2) is 0 Å². The number of rotatable bonds is 9. The summed E-state index contributed by atoms with van der Waals surface area (Å²) in [5.41, 5.74) is 0.946. The lowest BCUT2D eigenvalue weighted by molar-refractivity contribution is -0.125. The predicted molar refractivity (Wildman–Crippen MR) is 122 cm³/mol. The molecular weight excluding hydrogens is 446 g/mol. The number of nitrogens with one attached hydrogen (secondary N) is 4. The van der Waals surface area contributed by atoms with Crippen LogP contribution in [0.25, 0.3) is 10.9 Å². The smallest absolute Gasteiger partial charge is 0.268 e. The van der Waals surface area contributed by atoms with Gasteiger partial charge in [-0.1, -0.05) is 24.4 Å². The minimum absolute atomic E-state index is 0.0959. The Hall–Kier alpha value is -3.25. The molecule has 1 aliphatic heterocycles. The van der Waals surface area contributed by atoms with Crippen molar-refractivity contribution in [2.75, 3.05) is 13.7 Å². The van der Waals surface area contributed by atoms with Crippen molar-refractivity contribution in [1.29, 1.82) is 5.26 Å².